The molecule has 116 valence electrons. The van der Waals surface area contributed by atoms with Gasteiger partial charge in [-0.05, 0) is 40.2 Å². The number of hydrogen-bond acceptors (Lipinski definition) is 6. The Bertz CT molecular complexity index is 345. The van der Waals surface area contributed by atoms with Crippen LogP contribution in [0.5, 0.6) is 0 Å². The van der Waals surface area contributed by atoms with Crippen LogP contribution >= 0.6 is 21.6 Å². The zero-order chi connectivity index (χ0) is 15.8. The van der Waals surface area contributed by atoms with Crippen molar-refractivity contribution >= 4 is 40.4 Å². The molecule has 0 aliphatic rings. The highest BCUT2D eigenvalue weighted by molar-refractivity contribution is 8.76. The van der Waals surface area contributed by atoms with E-state index in [-0.39, 0.29) is 11.7 Å². The van der Waals surface area contributed by atoms with Crippen LogP contribution in [0.4, 0.5) is 4.79 Å². The van der Waals surface area contributed by atoms with Crippen molar-refractivity contribution < 1.29 is 19.4 Å². The first-order chi connectivity index (χ1) is 9.19. The Hall–Kier alpha value is -0.890. The molecule has 0 bridgehead atoms. The molecule has 0 saturated heterocycles. The van der Waals surface area contributed by atoms with E-state index in [1.165, 1.54) is 21.6 Å². The minimum atomic E-state index is -1.09. The third kappa shape index (κ3) is 9.08. The van der Waals surface area contributed by atoms with Crippen LogP contribution in [0.25, 0.3) is 0 Å². The van der Waals surface area contributed by atoms with Crippen molar-refractivity contribution in [3.8, 4) is 0 Å². The molecule has 20 heavy (non-hydrogen) atoms. The predicted octanol–water partition coefficient (Wildman–Crippen LogP) is 2.43. The topological polar surface area (TPSA) is 88.0 Å². The molecule has 0 rings (SSSR count). The minimum Gasteiger partial charge on any atom is -0.480 e. The molecule has 0 fully saturated rings. The Labute approximate surface area is 127 Å². The molecule has 0 aliphatic heterocycles. The van der Waals surface area contributed by atoms with Gasteiger partial charge in [-0.25, -0.2) is 9.59 Å². The van der Waals surface area contributed by atoms with Gasteiger partial charge in [0.1, 0.15) is 11.6 Å². The lowest BCUT2D eigenvalue weighted by atomic mass is 10.1. The van der Waals surface area contributed by atoms with Crippen molar-refractivity contribution in [3.05, 3.63) is 0 Å². The van der Waals surface area contributed by atoms with E-state index in [4.69, 9.17) is 4.74 Å². The Balaban J connectivity index is 4.59. The zero-order valence-corrected chi connectivity index (χ0v) is 13.8. The van der Waals surface area contributed by atoms with Gasteiger partial charge < -0.3 is 15.2 Å². The Kier molecular flexibility index (Phi) is 8.71. The maximum atomic E-state index is 11.6. The van der Waals surface area contributed by atoms with Gasteiger partial charge in [-0.3, -0.25) is 4.99 Å². The fraction of sp³-hybridized carbons (Fsp3) is 0.750. The van der Waals surface area contributed by atoms with E-state index < -0.39 is 23.7 Å². The van der Waals surface area contributed by atoms with Crippen LogP contribution in [-0.2, 0) is 9.53 Å². The van der Waals surface area contributed by atoms with E-state index in [9.17, 15) is 14.7 Å². The van der Waals surface area contributed by atoms with Crippen molar-refractivity contribution in [1.29, 1.82) is 0 Å². The van der Waals surface area contributed by atoms with Crippen LogP contribution in [0.3, 0.4) is 0 Å². The van der Waals surface area contributed by atoms with E-state index in [0.717, 1.165) is 0 Å². The van der Waals surface area contributed by atoms with Crippen molar-refractivity contribution in [2.45, 2.75) is 44.1 Å². The van der Waals surface area contributed by atoms with Gasteiger partial charge in [-0.1, -0.05) is 21.6 Å². The van der Waals surface area contributed by atoms with Gasteiger partial charge in [0.25, 0.3) is 0 Å². The van der Waals surface area contributed by atoms with Gasteiger partial charge in [-0.2, -0.15) is 0 Å². The molecule has 2 atom stereocenters. The number of alkyl carbamates (subject to hydrolysis) is 1. The van der Waals surface area contributed by atoms with E-state index in [1.54, 1.807) is 20.8 Å². The second-order valence-electron chi connectivity index (χ2n) is 5.06. The summed E-state index contributed by atoms with van der Waals surface area (Å²) in [6.45, 7) is 9.00. The number of carboxylic acid groups (broad SMARTS) is 1. The third-order valence-corrected chi connectivity index (χ3v) is 4.25. The number of nitrogens with zero attached hydrogens (tertiary/aromatic N) is 1. The summed E-state index contributed by atoms with van der Waals surface area (Å²) in [5.74, 6) is -1.09. The lowest BCUT2D eigenvalue weighted by Crippen LogP contribution is -2.45. The molecule has 0 saturated carbocycles. The van der Waals surface area contributed by atoms with Gasteiger partial charge in [0, 0.05) is 5.25 Å². The van der Waals surface area contributed by atoms with Crippen molar-refractivity contribution in [1.82, 2.24) is 5.32 Å². The van der Waals surface area contributed by atoms with Crippen LogP contribution in [0.1, 0.15) is 27.2 Å². The number of ether oxygens (including phenoxy) is 1. The summed E-state index contributed by atoms with van der Waals surface area (Å²) in [6.07, 6.45) is 1.43. The lowest BCUT2D eigenvalue weighted by molar-refractivity contribution is -0.139. The molecule has 6 nitrogen and oxygen atoms in total. The molecule has 1 unspecified atom stereocenters. The number of aliphatic carboxylic acids is 1. The summed E-state index contributed by atoms with van der Waals surface area (Å²) in [7, 11) is 3.04. The molecular weight excluding hydrogens is 300 g/mol. The highest BCUT2D eigenvalue weighted by Crippen LogP contribution is 2.27. The number of carbonyl (C=O) groups excluding carboxylic acids is 1. The maximum absolute atomic E-state index is 11.6. The number of aliphatic imine (C=N–C) groups is 1. The van der Waals surface area contributed by atoms with E-state index in [2.05, 4.69) is 17.0 Å². The number of nitrogens with one attached hydrogen (secondary N) is 1. The predicted molar refractivity (Wildman–Crippen MR) is 84.7 cm³/mol. The van der Waals surface area contributed by atoms with Crippen LogP contribution in [0, 0.1) is 0 Å². The van der Waals surface area contributed by atoms with Crippen molar-refractivity contribution in [2.24, 2.45) is 4.99 Å². The molecule has 0 aromatic rings. The van der Waals surface area contributed by atoms with Gasteiger partial charge in [-0.15, -0.1) is 0 Å². The number of carboxylic acids is 1. The standard InChI is InChI=1S/C12H22N2O4S2/c1-12(2,3)18-11(17)14-9(10(15)16)6-8(7-13-4)20-19-5/h8-9H,4,6-7H2,1-3,5H3,(H,14,17)(H,15,16)/t8?,9-/m0/s1. The Morgan fingerprint density at radius 1 is 1.45 bits per heavy atom. The second-order valence-corrected chi connectivity index (χ2v) is 7.83. The van der Waals surface area contributed by atoms with Crippen molar-refractivity contribution in [3.63, 3.8) is 0 Å². The largest absolute Gasteiger partial charge is 0.480 e. The Morgan fingerprint density at radius 3 is 2.45 bits per heavy atom. The molecule has 0 heterocycles. The summed E-state index contributed by atoms with van der Waals surface area (Å²) in [5.41, 5.74) is -0.663. The highest BCUT2D eigenvalue weighted by atomic mass is 33.1. The van der Waals surface area contributed by atoms with Crippen LogP contribution < -0.4 is 5.32 Å². The molecule has 0 radical (unpaired) electrons. The maximum Gasteiger partial charge on any atom is 0.408 e. The summed E-state index contributed by atoms with van der Waals surface area (Å²) in [6, 6.07) is -1.00. The summed E-state index contributed by atoms with van der Waals surface area (Å²) in [4.78, 5) is 26.6. The molecular formula is C12H22N2O4S2. The number of hydrogen-bond donors (Lipinski definition) is 2. The normalized spacial score (nSPS) is 14.2. The van der Waals surface area contributed by atoms with E-state index >= 15 is 0 Å². The fourth-order valence-electron chi connectivity index (χ4n) is 1.36. The van der Waals surface area contributed by atoms with Crippen LogP contribution in [0.2, 0.25) is 0 Å². The quantitative estimate of drug-likeness (QED) is 0.527. The Morgan fingerprint density at radius 2 is 2.05 bits per heavy atom. The van der Waals surface area contributed by atoms with E-state index in [1.807, 2.05) is 6.26 Å². The molecule has 0 aliphatic carbocycles. The van der Waals surface area contributed by atoms with Crippen LogP contribution in [-0.4, -0.2) is 53.6 Å². The number of amides is 1. The lowest BCUT2D eigenvalue weighted by Gasteiger charge is -2.23. The molecule has 1 amide bonds. The molecule has 0 aromatic carbocycles. The summed E-state index contributed by atoms with van der Waals surface area (Å²) >= 11 is 0. The van der Waals surface area contributed by atoms with Crippen molar-refractivity contribution in [2.75, 3.05) is 12.8 Å². The monoisotopic (exact) mass is 322 g/mol. The third-order valence-electron chi connectivity index (χ3n) is 2.05. The smallest absolute Gasteiger partial charge is 0.408 e. The SMILES string of the molecule is C=NCC(C[C@H](NC(=O)OC(C)(C)C)C(=O)O)SSC. The molecule has 2 N–H and O–H groups in total. The number of carbonyl (C=O) groups is 2. The first kappa shape index (κ1) is 19.1. The average molecular weight is 322 g/mol. The minimum absolute atomic E-state index is 0.0291. The fourth-order valence-corrected chi connectivity index (χ4v) is 3.30. The average Bonchev–Trinajstić information content (AvgIpc) is 2.25. The highest BCUT2D eigenvalue weighted by Gasteiger charge is 2.26. The molecule has 0 aromatic heterocycles. The molecule has 8 heteroatoms. The summed E-state index contributed by atoms with van der Waals surface area (Å²) in [5, 5.41) is 11.5. The van der Waals surface area contributed by atoms with Gasteiger partial charge >= 0.3 is 12.1 Å². The zero-order valence-electron chi connectivity index (χ0n) is 12.2. The van der Waals surface area contributed by atoms with Gasteiger partial charge in [0.15, 0.2) is 0 Å². The second kappa shape index (κ2) is 9.12. The van der Waals surface area contributed by atoms with E-state index in [0.29, 0.717) is 6.54 Å². The van der Waals surface area contributed by atoms with Crippen LogP contribution in [0.15, 0.2) is 4.99 Å². The van der Waals surface area contributed by atoms with Gasteiger partial charge in [0.05, 0.1) is 6.54 Å². The number of rotatable bonds is 8. The van der Waals surface area contributed by atoms with Gasteiger partial charge in [0.2, 0.25) is 0 Å². The molecule has 0 spiro atoms. The first-order valence-corrected chi connectivity index (χ1v) is 8.66. The first-order valence-electron chi connectivity index (χ1n) is 6.04. The summed E-state index contributed by atoms with van der Waals surface area (Å²) < 4.78 is 5.06.